The molecule has 0 atom stereocenters. The molecular formula is C36H26N2. The summed E-state index contributed by atoms with van der Waals surface area (Å²) in [5.74, 6) is 0. The monoisotopic (exact) mass is 486 g/mol. The van der Waals surface area contributed by atoms with Gasteiger partial charge in [0, 0.05) is 22.2 Å². The molecule has 0 bridgehead atoms. The quantitative estimate of drug-likeness (QED) is 0.232. The van der Waals surface area contributed by atoms with Crippen LogP contribution < -0.4 is 0 Å². The van der Waals surface area contributed by atoms with Crippen molar-refractivity contribution in [2.24, 2.45) is 0 Å². The maximum absolute atomic E-state index is 4.93. The Morgan fingerprint density at radius 3 is 1.76 bits per heavy atom. The fraction of sp³-hybridized carbons (Fsp3) is 0.0556. The van der Waals surface area contributed by atoms with Crippen LogP contribution in [0.25, 0.3) is 66.0 Å². The van der Waals surface area contributed by atoms with Crippen molar-refractivity contribution in [3.8, 4) is 33.4 Å². The van der Waals surface area contributed by atoms with Crippen LogP contribution in [0.2, 0.25) is 0 Å². The van der Waals surface area contributed by atoms with Crippen LogP contribution in [-0.2, 0) is 0 Å². The fourth-order valence-corrected chi connectivity index (χ4v) is 5.61. The minimum Gasteiger partial charge on any atom is -0.251 e. The van der Waals surface area contributed by atoms with E-state index in [1.54, 1.807) is 0 Å². The number of aryl methyl sites for hydroxylation is 2. The summed E-state index contributed by atoms with van der Waals surface area (Å²) >= 11 is 0. The van der Waals surface area contributed by atoms with Gasteiger partial charge in [-0.1, -0.05) is 103 Å². The van der Waals surface area contributed by atoms with Gasteiger partial charge in [-0.15, -0.1) is 0 Å². The highest BCUT2D eigenvalue weighted by molar-refractivity contribution is 6.09. The first-order valence-electron chi connectivity index (χ1n) is 13.0. The van der Waals surface area contributed by atoms with Crippen molar-refractivity contribution in [2.45, 2.75) is 13.8 Å². The molecule has 0 aliphatic heterocycles. The Morgan fingerprint density at radius 2 is 1.00 bits per heavy atom. The van der Waals surface area contributed by atoms with Crippen molar-refractivity contribution < 1.29 is 0 Å². The fourth-order valence-electron chi connectivity index (χ4n) is 5.61. The van der Waals surface area contributed by atoms with Crippen LogP contribution in [0.1, 0.15) is 11.4 Å². The van der Waals surface area contributed by atoms with E-state index in [0.29, 0.717) is 0 Å². The third kappa shape index (κ3) is 3.74. The Morgan fingerprint density at radius 1 is 0.395 bits per heavy atom. The standard InChI is InChI=1S/C36H26N2/c1-23-15-16-26-17-18-33-34(21-24(2)38-36(33)35(26)37-23)28-12-8-11-27(22-28)30-20-19-29(25-9-4-3-5-10-25)31-13-6-7-14-32(30)31/h3-22H,1-2H3. The van der Waals surface area contributed by atoms with E-state index in [1.165, 1.54) is 44.2 Å². The molecule has 0 amide bonds. The normalized spacial score (nSPS) is 11.4. The topological polar surface area (TPSA) is 25.8 Å². The van der Waals surface area contributed by atoms with E-state index in [2.05, 4.69) is 128 Å². The molecule has 38 heavy (non-hydrogen) atoms. The molecule has 2 aromatic heterocycles. The summed E-state index contributed by atoms with van der Waals surface area (Å²) in [6.45, 7) is 4.10. The van der Waals surface area contributed by atoms with Crippen molar-refractivity contribution in [3.05, 3.63) is 133 Å². The van der Waals surface area contributed by atoms with E-state index >= 15 is 0 Å². The second-order valence-corrected chi connectivity index (χ2v) is 9.95. The third-order valence-corrected chi connectivity index (χ3v) is 7.40. The lowest BCUT2D eigenvalue weighted by Gasteiger charge is -2.14. The predicted octanol–water partition coefficient (Wildman–Crippen LogP) is 9.55. The van der Waals surface area contributed by atoms with Crippen LogP contribution in [0.15, 0.2) is 121 Å². The number of fused-ring (bicyclic) bond motifs is 4. The molecule has 2 heterocycles. The summed E-state index contributed by atoms with van der Waals surface area (Å²) in [4.78, 5) is 9.78. The minimum atomic E-state index is 0.962. The molecule has 0 saturated carbocycles. The second-order valence-electron chi connectivity index (χ2n) is 9.95. The van der Waals surface area contributed by atoms with E-state index in [9.17, 15) is 0 Å². The summed E-state index contributed by atoms with van der Waals surface area (Å²) < 4.78 is 0. The van der Waals surface area contributed by atoms with Crippen LogP contribution in [0.4, 0.5) is 0 Å². The number of pyridine rings is 2. The molecule has 0 aliphatic carbocycles. The Hall–Kier alpha value is -4.82. The zero-order chi connectivity index (χ0) is 25.6. The molecule has 7 rings (SSSR count). The molecule has 0 fully saturated rings. The number of hydrogen-bond acceptors (Lipinski definition) is 2. The Balaban J connectivity index is 1.43. The molecule has 5 aromatic carbocycles. The van der Waals surface area contributed by atoms with Gasteiger partial charge in [0.25, 0.3) is 0 Å². The molecule has 180 valence electrons. The molecular weight excluding hydrogens is 460 g/mol. The van der Waals surface area contributed by atoms with Gasteiger partial charge in [-0.3, -0.25) is 9.97 Å². The average molecular weight is 487 g/mol. The van der Waals surface area contributed by atoms with E-state index in [0.717, 1.165) is 33.2 Å². The Bertz CT molecular complexity index is 1990. The average Bonchev–Trinajstić information content (AvgIpc) is 2.96. The van der Waals surface area contributed by atoms with Crippen LogP contribution >= 0.6 is 0 Å². The third-order valence-electron chi connectivity index (χ3n) is 7.40. The number of rotatable bonds is 3. The zero-order valence-electron chi connectivity index (χ0n) is 21.4. The molecule has 0 radical (unpaired) electrons. The lowest BCUT2D eigenvalue weighted by Crippen LogP contribution is -1.93. The highest BCUT2D eigenvalue weighted by Crippen LogP contribution is 2.38. The maximum Gasteiger partial charge on any atom is 0.0974 e. The van der Waals surface area contributed by atoms with Crippen LogP contribution in [0.3, 0.4) is 0 Å². The van der Waals surface area contributed by atoms with Gasteiger partial charge in [0.15, 0.2) is 0 Å². The number of nitrogens with zero attached hydrogens (tertiary/aromatic N) is 2. The van der Waals surface area contributed by atoms with Crippen molar-refractivity contribution in [1.29, 1.82) is 0 Å². The Labute approximate surface area is 222 Å². The van der Waals surface area contributed by atoms with E-state index < -0.39 is 0 Å². The summed E-state index contributed by atoms with van der Waals surface area (Å²) in [6.07, 6.45) is 0. The molecule has 0 aliphatic rings. The number of aromatic nitrogens is 2. The van der Waals surface area contributed by atoms with Gasteiger partial charge in [0.1, 0.15) is 0 Å². The van der Waals surface area contributed by atoms with Crippen molar-refractivity contribution in [2.75, 3.05) is 0 Å². The lowest BCUT2D eigenvalue weighted by molar-refractivity contribution is 1.23. The van der Waals surface area contributed by atoms with Gasteiger partial charge in [-0.25, -0.2) is 0 Å². The molecule has 0 spiro atoms. The smallest absolute Gasteiger partial charge is 0.0974 e. The minimum absolute atomic E-state index is 0.962. The molecule has 0 unspecified atom stereocenters. The van der Waals surface area contributed by atoms with E-state index in [-0.39, 0.29) is 0 Å². The van der Waals surface area contributed by atoms with Crippen molar-refractivity contribution in [3.63, 3.8) is 0 Å². The summed E-state index contributed by atoms with van der Waals surface area (Å²) in [5.41, 5.74) is 11.2. The number of benzene rings is 5. The summed E-state index contributed by atoms with van der Waals surface area (Å²) in [6, 6.07) is 43.5. The van der Waals surface area contributed by atoms with Crippen molar-refractivity contribution in [1.82, 2.24) is 9.97 Å². The Kier molecular flexibility index (Phi) is 5.26. The lowest BCUT2D eigenvalue weighted by atomic mass is 9.90. The first-order chi connectivity index (χ1) is 18.7. The predicted molar refractivity (Wildman–Crippen MR) is 160 cm³/mol. The van der Waals surface area contributed by atoms with Crippen molar-refractivity contribution >= 4 is 32.6 Å². The summed E-state index contributed by atoms with van der Waals surface area (Å²) in [7, 11) is 0. The maximum atomic E-state index is 4.93. The van der Waals surface area contributed by atoms with Gasteiger partial charge in [-0.05, 0) is 76.2 Å². The summed E-state index contributed by atoms with van der Waals surface area (Å²) in [5, 5.41) is 4.76. The van der Waals surface area contributed by atoms with Gasteiger partial charge < -0.3 is 0 Å². The second kappa shape index (κ2) is 8.93. The van der Waals surface area contributed by atoms with Crippen LogP contribution in [0.5, 0.6) is 0 Å². The molecule has 2 nitrogen and oxygen atoms in total. The molecule has 7 aromatic rings. The molecule has 0 N–H and O–H groups in total. The van der Waals surface area contributed by atoms with Gasteiger partial charge in [0.2, 0.25) is 0 Å². The first-order valence-corrected chi connectivity index (χ1v) is 13.0. The highest BCUT2D eigenvalue weighted by atomic mass is 14.8. The largest absolute Gasteiger partial charge is 0.251 e. The zero-order valence-corrected chi connectivity index (χ0v) is 21.4. The van der Waals surface area contributed by atoms with Crippen LogP contribution in [-0.4, -0.2) is 9.97 Å². The molecule has 2 heteroatoms. The van der Waals surface area contributed by atoms with E-state index in [1.807, 2.05) is 6.92 Å². The van der Waals surface area contributed by atoms with Gasteiger partial charge >= 0.3 is 0 Å². The molecule has 0 saturated heterocycles. The van der Waals surface area contributed by atoms with Gasteiger partial charge in [-0.2, -0.15) is 0 Å². The van der Waals surface area contributed by atoms with E-state index in [4.69, 9.17) is 9.97 Å². The number of hydrogen-bond donors (Lipinski definition) is 0. The first kappa shape index (κ1) is 22.4. The van der Waals surface area contributed by atoms with Crippen LogP contribution in [0, 0.1) is 13.8 Å². The van der Waals surface area contributed by atoms with Gasteiger partial charge in [0.05, 0.1) is 11.0 Å². The SMILES string of the molecule is Cc1ccc2ccc3c(-c4cccc(-c5ccc(-c6ccccc6)c6ccccc56)c4)cc(C)nc3c2n1. The highest BCUT2D eigenvalue weighted by Gasteiger charge is 2.13.